The Kier molecular flexibility index (Phi) is 9.02. The van der Waals surface area contributed by atoms with E-state index in [0.717, 1.165) is 24.3 Å². The van der Waals surface area contributed by atoms with Gasteiger partial charge in [0.15, 0.2) is 0 Å². The van der Waals surface area contributed by atoms with Crippen LogP contribution in [-0.4, -0.2) is 55.8 Å². The van der Waals surface area contributed by atoms with Gasteiger partial charge < -0.3 is 24.0 Å². The van der Waals surface area contributed by atoms with E-state index in [1.54, 1.807) is 19.2 Å². The van der Waals surface area contributed by atoms with Crippen LogP contribution in [0.25, 0.3) is 0 Å². The summed E-state index contributed by atoms with van der Waals surface area (Å²) in [5.74, 6) is 2.16. The van der Waals surface area contributed by atoms with Crippen molar-refractivity contribution >= 4 is 0 Å². The third-order valence-electron chi connectivity index (χ3n) is 4.28. The molecule has 27 heavy (non-hydrogen) atoms. The fourth-order valence-corrected chi connectivity index (χ4v) is 3.01. The zero-order valence-electron chi connectivity index (χ0n) is 15.7. The Morgan fingerprint density at radius 2 is 2.19 bits per heavy atom. The molecular formula is C21H28FN2O3+. The maximum Gasteiger partial charge on any atom is 0.126 e. The van der Waals surface area contributed by atoms with Crippen molar-refractivity contribution in [1.82, 2.24) is 4.57 Å². The maximum atomic E-state index is 13.4. The Morgan fingerprint density at radius 1 is 1.33 bits per heavy atom. The second-order valence-corrected chi connectivity index (χ2v) is 6.50. The minimum atomic E-state index is -0.600. The van der Waals surface area contributed by atoms with Gasteiger partial charge in [-0.25, -0.2) is 4.39 Å². The number of ether oxygens (including phenoxy) is 2. The fraction of sp³-hybridized carbons (Fsp3) is 0.429. The number of methoxy groups -OCH3 is 1. The molecule has 5 nitrogen and oxygen atoms in total. The Balaban J connectivity index is 2.00. The molecule has 0 fully saturated rings. The number of terminal acetylenes is 1. The molecule has 0 radical (unpaired) electrons. The molecule has 2 atom stereocenters. The molecule has 0 spiro atoms. The maximum absolute atomic E-state index is 13.4. The summed E-state index contributed by atoms with van der Waals surface area (Å²) in [6.07, 6.45) is 6.54. The molecule has 1 heterocycles. The van der Waals surface area contributed by atoms with Gasteiger partial charge in [-0.05, 0) is 29.8 Å². The average molecular weight is 375 g/mol. The number of aliphatic hydroxyl groups excluding tert-OH is 1. The molecular weight excluding hydrogens is 347 g/mol. The normalized spacial score (nSPS) is 13.3. The first-order chi connectivity index (χ1) is 13.1. The summed E-state index contributed by atoms with van der Waals surface area (Å²) < 4.78 is 26.0. The van der Waals surface area contributed by atoms with Gasteiger partial charge in [-0.2, -0.15) is 0 Å². The van der Waals surface area contributed by atoms with E-state index in [4.69, 9.17) is 15.9 Å². The third kappa shape index (κ3) is 7.53. The van der Waals surface area contributed by atoms with Gasteiger partial charge in [0.05, 0.1) is 18.9 Å². The summed E-state index contributed by atoms with van der Waals surface area (Å²) in [7, 11) is 1.66. The Labute approximate surface area is 160 Å². The van der Waals surface area contributed by atoms with E-state index in [-0.39, 0.29) is 19.0 Å². The van der Waals surface area contributed by atoms with E-state index in [1.165, 1.54) is 11.0 Å². The number of aliphatic hydroxyl groups is 1. The summed E-state index contributed by atoms with van der Waals surface area (Å²) >= 11 is 0. The lowest BCUT2D eigenvalue weighted by atomic mass is 10.2. The van der Waals surface area contributed by atoms with Gasteiger partial charge in [0.2, 0.25) is 0 Å². The lowest BCUT2D eigenvalue weighted by Gasteiger charge is -2.23. The number of aromatic nitrogens is 1. The molecule has 2 N–H and O–H groups in total. The monoisotopic (exact) mass is 375 g/mol. The Bertz CT molecular complexity index is 726. The van der Waals surface area contributed by atoms with E-state index in [0.29, 0.717) is 19.7 Å². The second kappa shape index (κ2) is 11.5. The highest BCUT2D eigenvalue weighted by Gasteiger charge is 2.17. The van der Waals surface area contributed by atoms with Crippen LogP contribution in [0.2, 0.25) is 0 Å². The van der Waals surface area contributed by atoms with Crippen molar-refractivity contribution in [2.24, 2.45) is 0 Å². The molecule has 0 aliphatic heterocycles. The molecule has 0 aliphatic rings. The quantitative estimate of drug-likeness (QED) is 0.425. The molecule has 0 amide bonds. The van der Waals surface area contributed by atoms with Crippen molar-refractivity contribution in [3.63, 3.8) is 0 Å². The predicted molar refractivity (Wildman–Crippen MR) is 102 cm³/mol. The third-order valence-corrected chi connectivity index (χ3v) is 4.28. The predicted octanol–water partition coefficient (Wildman–Crippen LogP) is 0.718. The largest absolute Gasteiger partial charge is 0.385 e. The van der Waals surface area contributed by atoms with Gasteiger partial charge in [-0.3, -0.25) is 0 Å². The number of hydrogen-bond donors (Lipinski definition) is 2. The van der Waals surface area contributed by atoms with Crippen molar-refractivity contribution in [2.75, 3.05) is 40.0 Å². The first-order valence-electron chi connectivity index (χ1n) is 9.02. The fourth-order valence-electron chi connectivity index (χ4n) is 3.01. The smallest absolute Gasteiger partial charge is 0.126 e. The van der Waals surface area contributed by atoms with Crippen LogP contribution in [0.4, 0.5) is 4.39 Å². The summed E-state index contributed by atoms with van der Waals surface area (Å²) in [6, 6.07) is 10.7. The van der Waals surface area contributed by atoms with Gasteiger partial charge in [0.1, 0.15) is 38.2 Å². The number of halogens is 1. The lowest BCUT2D eigenvalue weighted by Crippen LogP contribution is -3.12. The number of nitrogens with zero attached hydrogens (tertiary/aromatic N) is 1. The second-order valence-electron chi connectivity index (χ2n) is 6.50. The Morgan fingerprint density at radius 3 is 2.93 bits per heavy atom. The van der Waals surface area contributed by atoms with Crippen LogP contribution in [0.15, 0.2) is 42.6 Å². The topological polar surface area (TPSA) is 48.1 Å². The molecule has 0 saturated heterocycles. The van der Waals surface area contributed by atoms with Crippen LogP contribution in [-0.2, 0) is 22.6 Å². The van der Waals surface area contributed by atoms with Crippen molar-refractivity contribution in [3.05, 3.63) is 59.7 Å². The van der Waals surface area contributed by atoms with E-state index in [2.05, 4.69) is 10.5 Å². The van der Waals surface area contributed by atoms with Crippen molar-refractivity contribution in [1.29, 1.82) is 0 Å². The number of hydrogen-bond acceptors (Lipinski definition) is 3. The molecule has 1 aromatic heterocycles. The van der Waals surface area contributed by atoms with Crippen LogP contribution in [0, 0.1) is 18.2 Å². The van der Waals surface area contributed by atoms with Gasteiger partial charge in [0.25, 0.3) is 0 Å². The molecule has 0 saturated carbocycles. The SMILES string of the molecule is C#CCOC[C@@H](O)C[NH+](CCOC)Cc1cccn1Cc1cccc(F)c1. The summed E-state index contributed by atoms with van der Waals surface area (Å²) in [6.45, 7) is 3.61. The first-order valence-corrected chi connectivity index (χ1v) is 9.02. The molecule has 0 aliphatic carbocycles. The van der Waals surface area contributed by atoms with E-state index in [1.807, 2.05) is 24.4 Å². The minimum Gasteiger partial charge on any atom is -0.385 e. The number of quaternary nitrogens is 1. The highest BCUT2D eigenvalue weighted by molar-refractivity contribution is 5.18. The summed E-state index contributed by atoms with van der Waals surface area (Å²) in [5, 5.41) is 10.2. The molecule has 2 rings (SSSR count). The lowest BCUT2D eigenvalue weighted by molar-refractivity contribution is -0.917. The van der Waals surface area contributed by atoms with Crippen molar-refractivity contribution in [3.8, 4) is 12.3 Å². The number of benzene rings is 1. The van der Waals surface area contributed by atoms with Crippen LogP contribution in [0.3, 0.4) is 0 Å². The molecule has 1 unspecified atom stereocenters. The number of nitrogens with one attached hydrogen (secondary N) is 1. The van der Waals surface area contributed by atoms with Crippen LogP contribution in [0.5, 0.6) is 0 Å². The van der Waals surface area contributed by atoms with Crippen LogP contribution >= 0.6 is 0 Å². The van der Waals surface area contributed by atoms with Gasteiger partial charge in [-0.1, -0.05) is 18.1 Å². The van der Waals surface area contributed by atoms with Crippen molar-refractivity contribution < 1.29 is 23.9 Å². The molecule has 146 valence electrons. The molecule has 2 aromatic rings. The van der Waals surface area contributed by atoms with E-state index >= 15 is 0 Å². The van der Waals surface area contributed by atoms with Gasteiger partial charge >= 0.3 is 0 Å². The first kappa shape index (κ1) is 21.1. The highest BCUT2D eigenvalue weighted by atomic mass is 19.1. The zero-order chi connectivity index (χ0) is 19.5. The minimum absolute atomic E-state index is 0.195. The summed E-state index contributed by atoms with van der Waals surface area (Å²) in [4.78, 5) is 1.17. The van der Waals surface area contributed by atoms with Gasteiger partial charge in [-0.15, -0.1) is 6.42 Å². The summed E-state index contributed by atoms with van der Waals surface area (Å²) in [5.41, 5.74) is 2.02. The van der Waals surface area contributed by atoms with Crippen molar-refractivity contribution in [2.45, 2.75) is 19.2 Å². The molecule has 0 bridgehead atoms. The molecule has 6 heteroatoms. The highest BCUT2D eigenvalue weighted by Crippen LogP contribution is 2.09. The number of rotatable bonds is 12. The van der Waals surface area contributed by atoms with E-state index < -0.39 is 6.10 Å². The van der Waals surface area contributed by atoms with Crippen LogP contribution < -0.4 is 4.90 Å². The van der Waals surface area contributed by atoms with Crippen LogP contribution in [0.1, 0.15) is 11.3 Å². The zero-order valence-corrected chi connectivity index (χ0v) is 15.7. The molecule has 1 aromatic carbocycles. The van der Waals surface area contributed by atoms with Gasteiger partial charge in [0, 0.05) is 19.9 Å². The Hall–Kier alpha value is -2.17. The van der Waals surface area contributed by atoms with E-state index in [9.17, 15) is 9.50 Å². The standard InChI is InChI=1S/C21H27FN2O3/c1-3-11-27-17-21(25)16-23(10-12-26-2)15-20-8-5-9-24(20)14-18-6-4-7-19(22)13-18/h1,4-9,13,21,25H,10-12,14-17H2,2H3/p+1/t21-/m0/s1. The average Bonchev–Trinajstić information content (AvgIpc) is 3.06.